The summed E-state index contributed by atoms with van der Waals surface area (Å²) in [6.07, 6.45) is 2.68. The fourth-order valence-electron chi connectivity index (χ4n) is 1.15. The summed E-state index contributed by atoms with van der Waals surface area (Å²) in [5.74, 6) is 2.15. The van der Waals surface area contributed by atoms with Gasteiger partial charge in [0.15, 0.2) is 0 Å². The third-order valence-corrected chi connectivity index (χ3v) is 2.84. The molecule has 0 bridgehead atoms. The molecule has 0 aromatic carbocycles. The van der Waals surface area contributed by atoms with E-state index in [4.69, 9.17) is 0 Å². The highest BCUT2D eigenvalue weighted by Gasteiger charge is 2.11. The third kappa shape index (κ3) is 2.83. The molecule has 1 aliphatic rings. The Balaban J connectivity index is 2.08. The lowest BCUT2D eigenvalue weighted by Crippen LogP contribution is -2.28. The summed E-state index contributed by atoms with van der Waals surface area (Å²) in [5.41, 5.74) is 0. The first-order valence-electron chi connectivity index (χ1n) is 3.40. The van der Waals surface area contributed by atoms with Crippen LogP contribution in [-0.2, 0) is 0 Å². The van der Waals surface area contributed by atoms with Crippen LogP contribution in [0.15, 0.2) is 0 Å². The molecule has 0 aromatic rings. The highest BCUT2D eigenvalue weighted by molar-refractivity contribution is 8.68. The summed E-state index contributed by atoms with van der Waals surface area (Å²) in [5, 5.41) is 3.34. The summed E-state index contributed by atoms with van der Waals surface area (Å²) in [4.78, 5) is 0. The topological polar surface area (TPSA) is 12.0 Å². The van der Waals surface area contributed by atoms with Crippen LogP contribution in [0.2, 0.25) is 0 Å². The maximum atomic E-state index is 4.13. The minimum atomic E-state index is 0.925. The number of thiol groups is 1. The van der Waals surface area contributed by atoms with E-state index in [9.17, 15) is 0 Å². The van der Waals surface area contributed by atoms with E-state index in [0.717, 1.165) is 5.92 Å². The van der Waals surface area contributed by atoms with Crippen molar-refractivity contribution >= 4 is 22.5 Å². The zero-order chi connectivity index (χ0) is 6.53. The SMILES string of the molecule is SSCC1CCNCC1. The van der Waals surface area contributed by atoms with E-state index in [0.29, 0.717) is 0 Å². The molecule has 1 saturated heterocycles. The van der Waals surface area contributed by atoms with Crippen LogP contribution in [0, 0.1) is 5.92 Å². The van der Waals surface area contributed by atoms with E-state index in [1.807, 2.05) is 0 Å². The van der Waals surface area contributed by atoms with Crippen molar-refractivity contribution in [3.05, 3.63) is 0 Å². The van der Waals surface area contributed by atoms with Crippen LogP contribution in [0.25, 0.3) is 0 Å². The quantitative estimate of drug-likeness (QED) is 0.473. The predicted octanol–water partition coefficient (Wildman–Crippen LogP) is 1.56. The second-order valence-electron chi connectivity index (χ2n) is 2.49. The minimum absolute atomic E-state index is 0.925. The van der Waals surface area contributed by atoms with Crippen molar-refractivity contribution in [2.24, 2.45) is 5.92 Å². The molecule has 0 unspecified atom stereocenters. The van der Waals surface area contributed by atoms with Crippen LogP contribution in [0.1, 0.15) is 12.8 Å². The van der Waals surface area contributed by atoms with Gasteiger partial charge in [-0.15, -0.1) is 11.7 Å². The largest absolute Gasteiger partial charge is 0.317 e. The summed E-state index contributed by atoms with van der Waals surface area (Å²) >= 11 is 4.13. The van der Waals surface area contributed by atoms with Gasteiger partial charge in [-0.25, -0.2) is 0 Å². The summed E-state index contributed by atoms with van der Waals surface area (Å²) in [7, 11) is 1.67. The minimum Gasteiger partial charge on any atom is -0.317 e. The Morgan fingerprint density at radius 2 is 2.11 bits per heavy atom. The summed E-state index contributed by atoms with van der Waals surface area (Å²) in [6.45, 7) is 2.41. The molecule has 3 heteroatoms. The van der Waals surface area contributed by atoms with Crippen LogP contribution in [0.5, 0.6) is 0 Å². The number of hydrogen-bond donors (Lipinski definition) is 2. The monoisotopic (exact) mass is 163 g/mol. The van der Waals surface area contributed by atoms with Gasteiger partial charge in [-0.1, -0.05) is 10.8 Å². The van der Waals surface area contributed by atoms with Gasteiger partial charge in [-0.2, -0.15) is 0 Å². The number of rotatable bonds is 2. The third-order valence-electron chi connectivity index (χ3n) is 1.77. The molecular formula is C6H13NS2. The molecule has 0 atom stereocenters. The lowest BCUT2D eigenvalue weighted by molar-refractivity contribution is 0.408. The number of piperidine rings is 1. The Morgan fingerprint density at radius 1 is 1.44 bits per heavy atom. The molecule has 0 saturated carbocycles. The lowest BCUT2D eigenvalue weighted by atomic mass is 10.0. The van der Waals surface area contributed by atoms with E-state index in [1.54, 1.807) is 10.8 Å². The zero-order valence-electron chi connectivity index (χ0n) is 5.47. The Hall–Kier alpha value is 0.660. The molecule has 0 spiro atoms. The van der Waals surface area contributed by atoms with Gasteiger partial charge in [0.2, 0.25) is 0 Å². The first-order valence-corrected chi connectivity index (χ1v) is 5.44. The van der Waals surface area contributed by atoms with Gasteiger partial charge in [0.25, 0.3) is 0 Å². The molecule has 0 amide bonds. The van der Waals surface area contributed by atoms with Crippen molar-refractivity contribution in [1.29, 1.82) is 0 Å². The Labute approximate surface area is 65.8 Å². The predicted molar refractivity (Wildman–Crippen MR) is 47.0 cm³/mol. The van der Waals surface area contributed by atoms with Crippen molar-refractivity contribution in [1.82, 2.24) is 5.32 Å². The van der Waals surface area contributed by atoms with E-state index in [1.165, 1.54) is 31.7 Å². The van der Waals surface area contributed by atoms with Crippen LogP contribution in [-0.4, -0.2) is 18.8 Å². The highest BCUT2D eigenvalue weighted by Crippen LogP contribution is 2.19. The van der Waals surface area contributed by atoms with Gasteiger partial charge >= 0.3 is 0 Å². The zero-order valence-corrected chi connectivity index (χ0v) is 7.18. The summed E-state index contributed by atoms with van der Waals surface area (Å²) in [6, 6.07) is 0. The normalized spacial score (nSPS) is 22.3. The molecule has 1 N–H and O–H groups in total. The molecule has 0 aliphatic carbocycles. The van der Waals surface area contributed by atoms with Crippen molar-refractivity contribution < 1.29 is 0 Å². The molecule has 1 heterocycles. The van der Waals surface area contributed by atoms with Crippen LogP contribution < -0.4 is 5.32 Å². The molecule has 0 radical (unpaired) electrons. The van der Waals surface area contributed by atoms with Gasteiger partial charge < -0.3 is 5.32 Å². The second kappa shape index (κ2) is 4.47. The molecule has 1 fully saturated rings. The van der Waals surface area contributed by atoms with E-state index in [2.05, 4.69) is 17.0 Å². The first kappa shape index (κ1) is 7.76. The lowest BCUT2D eigenvalue weighted by Gasteiger charge is -2.20. The van der Waals surface area contributed by atoms with Crippen molar-refractivity contribution in [2.45, 2.75) is 12.8 Å². The highest BCUT2D eigenvalue weighted by atomic mass is 33.1. The Morgan fingerprint density at radius 3 is 2.67 bits per heavy atom. The Kier molecular flexibility index (Phi) is 3.86. The van der Waals surface area contributed by atoms with Gasteiger partial charge in [-0.3, -0.25) is 0 Å². The molecule has 54 valence electrons. The molecule has 0 aromatic heterocycles. The van der Waals surface area contributed by atoms with Crippen molar-refractivity contribution in [2.75, 3.05) is 18.8 Å². The molecule has 1 aliphatic heterocycles. The van der Waals surface area contributed by atoms with Gasteiger partial charge in [-0.05, 0) is 31.8 Å². The van der Waals surface area contributed by atoms with E-state index < -0.39 is 0 Å². The smallest absolute Gasteiger partial charge is 0.00638 e. The fraction of sp³-hybridized carbons (Fsp3) is 1.00. The second-order valence-corrected chi connectivity index (χ2v) is 3.86. The Bertz CT molecular complexity index is 68.7. The average molecular weight is 163 g/mol. The fourth-order valence-corrected chi connectivity index (χ4v) is 2.33. The van der Waals surface area contributed by atoms with Crippen LogP contribution in [0.3, 0.4) is 0 Å². The average Bonchev–Trinajstić information content (AvgIpc) is 1.91. The molecular weight excluding hydrogens is 150 g/mol. The maximum Gasteiger partial charge on any atom is 0.00638 e. The van der Waals surface area contributed by atoms with Crippen molar-refractivity contribution in [3.63, 3.8) is 0 Å². The van der Waals surface area contributed by atoms with Crippen molar-refractivity contribution in [3.8, 4) is 0 Å². The van der Waals surface area contributed by atoms with E-state index in [-0.39, 0.29) is 0 Å². The number of hydrogen-bond acceptors (Lipinski definition) is 3. The molecule has 1 nitrogen and oxygen atoms in total. The standard InChI is InChI=1S/C6H13NS2/c8-9-5-6-1-3-7-4-2-6/h6-8H,1-5H2. The molecule has 9 heavy (non-hydrogen) atoms. The van der Waals surface area contributed by atoms with Crippen LogP contribution >= 0.6 is 22.5 Å². The summed E-state index contributed by atoms with van der Waals surface area (Å²) < 4.78 is 0. The first-order chi connectivity index (χ1) is 4.43. The van der Waals surface area contributed by atoms with Gasteiger partial charge in [0.1, 0.15) is 0 Å². The van der Waals surface area contributed by atoms with Crippen LogP contribution in [0.4, 0.5) is 0 Å². The van der Waals surface area contributed by atoms with E-state index >= 15 is 0 Å². The maximum absolute atomic E-state index is 4.13. The van der Waals surface area contributed by atoms with Gasteiger partial charge in [0, 0.05) is 5.75 Å². The number of nitrogens with one attached hydrogen (secondary N) is 1. The van der Waals surface area contributed by atoms with Gasteiger partial charge in [0.05, 0.1) is 0 Å². The molecule has 1 rings (SSSR count).